The number of carbonyl (C=O) groups is 1. The lowest BCUT2D eigenvalue weighted by atomic mass is 9.66. The Labute approximate surface area is 141 Å². The fourth-order valence-electron chi connectivity index (χ4n) is 3.10. The molecule has 0 saturated heterocycles. The zero-order valence-corrected chi connectivity index (χ0v) is 16.0. The number of ether oxygens (including phenoxy) is 1. The minimum Gasteiger partial charge on any atom is -0.494 e. The van der Waals surface area contributed by atoms with Gasteiger partial charge in [-0.1, -0.05) is 53.9 Å². The summed E-state index contributed by atoms with van der Waals surface area (Å²) in [6, 6.07) is 0. The van der Waals surface area contributed by atoms with Crippen LogP contribution in [0.5, 0.6) is 0 Å². The fraction of sp³-hybridized carbons (Fsp3) is 0.750. The molecule has 0 saturated carbocycles. The molecular weight excluding hydrogens is 288 g/mol. The first-order valence-corrected chi connectivity index (χ1v) is 8.86. The zero-order valence-electron chi connectivity index (χ0n) is 16.0. The van der Waals surface area contributed by atoms with Crippen LogP contribution in [-0.2, 0) is 9.53 Å². The summed E-state index contributed by atoms with van der Waals surface area (Å²) in [6.45, 7) is 14.1. The molecule has 0 bridgehead atoms. The van der Waals surface area contributed by atoms with Crippen molar-refractivity contribution in [2.75, 3.05) is 6.61 Å². The summed E-state index contributed by atoms with van der Waals surface area (Å²) in [6.07, 6.45) is 6.50. The first-order chi connectivity index (χ1) is 10.6. The van der Waals surface area contributed by atoms with Crippen LogP contribution in [0, 0.1) is 11.3 Å². The van der Waals surface area contributed by atoms with Crippen LogP contribution in [-0.4, -0.2) is 23.1 Å². The molecule has 0 aromatic rings. The second kappa shape index (κ2) is 7.65. The van der Waals surface area contributed by atoms with Crippen LogP contribution < -0.4 is 0 Å². The number of allylic oxidation sites excluding steroid dienone is 1. The van der Waals surface area contributed by atoms with Crippen molar-refractivity contribution in [3.8, 4) is 0 Å². The van der Waals surface area contributed by atoms with E-state index in [0.29, 0.717) is 12.2 Å². The molecule has 0 amide bonds. The van der Waals surface area contributed by atoms with Gasteiger partial charge in [0.05, 0.1) is 6.61 Å². The lowest BCUT2D eigenvalue weighted by Gasteiger charge is -2.41. The molecule has 1 aliphatic carbocycles. The van der Waals surface area contributed by atoms with E-state index in [0.717, 1.165) is 17.8 Å². The van der Waals surface area contributed by atoms with Gasteiger partial charge in [0, 0.05) is 11.3 Å². The molecule has 23 heavy (non-hydrogen) atoms. The predicted molar refractivity (Wildman–Crippen MR) is 95.1 cm³/mol. The first-order valence-electron chi connectivity index (χ1n) is 8.86. The number of Topliss-reactive ketones (excluding diaryl/α,β-unsaturated/α-hetero) is 1. The highest BCUT2D eigenvalue weighted by Gasteiger charge is 2.50. The molecule has 0 aliphatic heterocycles. The smallest absolute Gasteiger partial charge is 0.174 e. The average Bonchev–Trinajstić information content (AvgIpc) is 2.48. The second-order valence-electron chi connectivity index (χ2n) is 7.85. The molecule has 0 aromatic heterocycles. The van der Waals surface area contributed by atoms with Crippen molar-refractivity contribution in [1.82, 2.24) is 0 Å². The molecule has 132 valence electrons. The van der Waals surface area contributed by atoms with E-state index in [1.807, 2.05) is 47.6 Å². The zero-order chi connectivity index (χ0) is 17.8. The largest absolute Gasteiger partial charge is 0.494 e. The molecule has 0 heterocycles. The van der Waals surface area contributed by atoms with Crippen LogP contribution in [0.1, 0.15) is 74.1 Å². The van der Waals surface area contributed by atoms with E-state index in [1.54, 1.807) is 0 Å². The lowest BCUT2D eigenvalue weighted by Crippen LogP contribution is -2.52. The van der Waals surface area contributed by atoms with Crippen LogP contribution in [0.25, 0.3) is 0 Å². The summed E-state index contributed by atoms with van der Waals surface area (Å²) in [7, 11) is 0. The van der Waals surface area contributed by atoms with E-state index in [4.69, 9.17) is 4.74 Å². The van der Waals surface area contributed by atoms with Gasteiger partial charge in [-0.15, -0.1) is 0 Å². The number of hydrogen-bond donors (Lipinski definition) is 1. The molecule has 0 unspecified atom stereocenters. The van der Waals surface area contributed by atoms with Crippen LogP contribution >= 0.6 is 0 Å². The number of ketones is 1. The maximum Gasteiger partial charge on any atom is 0.174 e. The van der Waals surface area contributed by atoms with Crippen molar-refractivity contribution in [2.45, 2.75) is 79.8 Å². The van der Waals surface area contributed by atoms with Gasteiger partial charge in [0.25, 0.3) is 0 Å². The Morgan fingerprint density at radius 2 is 1.87 bits per heavy atom. The van der Waals surface area contributed by atoms with Crippen molar-refractivity contribution >= 4 is 5.78 Å². The first kappa shape index (κ1) is 20.0. The minimum absolute atomic E-state index is 0.132. The third-order valence-corrected chi connectivity index (χ3v) is 4.90. The molecule has 3 nitrogen and oxygen atoms in total. The van der Waals surface area contributed by atoms with E-state index in [2.05, 4.69) is 6.92 Å². The van der Waals surface area contributed by atoms with Gasteiger partial charge in [0.1, 0.15) is 5.76 Å². The minimum atomic E-state index is -1.43. The molecule has 3 heteroatoms. The number of carbonyl (C=O) groups excluding carboxylic acids is 1. The van der Waals surface area contributed by atoms with Gasteiger partial charge >= 0.3 is 0 Å². The van der Waals surface area contributed by atoms with Gasteiger partial charge in [-0.25, -0.2) is 0 Å². The monoisotopic (exact) mass is 322 g/mol. The van der Waals surface area contributed by atoms with Crippen LogP contribution in [0.4, 0.5) is 0 Å². The average molecular weight is 322 g/mol. The van der Waals surface area contributed by atoms with Gasteiger partial charge in [-0.3, -0.25) is 4.79 Å². The summed E-state index contributed by atoms with van der Waals surface area (Å²) in [4.78, 5) is 12.8. The Bertz CT molecular complexity index is 494. The van der Waals surface area contributed by atoms with E-state index in [-0.39, 0.29) is 11.7 Å². The van der Waals surface area contributed by atoms with Crippen LogP contribution in [0.3, 0.4) is 0 Å². The van der Waals surface area contributed by atoms with Gasteiger partial charge in [0.2, 0.25) is 0 Å². The van der Waals surface area contributed by atoms with E-state index in [1.165, 1.54) is 19.3 Å². The third-order valence-electron chi connectivity index (χ3n) is 4.90. The van der Waals surface area contributed by atoms with Gasteiger partial charge in [-0.05, 0) is 37.5 Å². The lowest BCUT2D eigenvalue weighted by molar-refractivity contribution is -0.145. The highest BCUT2D eigenvalue weighted by molar-refractivity contribution is 5.95. The van der Waals surface area contributed by atoms with Gasteiger partial charge in [-0.2, -0.15) is 0 Å². The second-order valence-corrected chi connectivity index (χ2v) is 7.85. The Hall–Kier alpha value is -1.09. The van der Waals surface area contributed by atoms with E-state index < -0.39 is 11.0 Å². The quantitative estimate of drug-likeness (QED) is 0.685. The van der Waals surface area contributed by atoms with E-state index >= 15 is 0 Å². The third kappa shape index (κ3) is 4.26. The maximum absolute atomic E-state index is 12.8. The Morgan fingerprint density at radius 1 is 1.26 bits per heavy atom. The number of unbranched alkanes of at least 4 members (excludes halogenated alkanes) is 3. The molecule has 2 atom stereocenters. The normalized spacial score (nSPS) is 25.4. The van der Waals surface area contributed by atoms with Crippen LogP contribution in [0.15, 0.2) is 23.0 Å². The van der Waals surface area contributed by atoms with Crippen molar-refractivity contribution < 1.29 is 14.6 Å². The van der Waals surface area contributed by atoms with Crippen molar-refractivity contribution in [3.05, 3.63) is 23.0 Å². The Balaban J connectivity index is 2.91. The topological polar surface area (TPSA) is 46.5 Å². The van der Waals surface area contributed by atoms with Gasteiger partial charge < -0.3 is 9.84 Å². The molecular formula is C20H34O3. The summed E-state index contributed by atoms with van der Waals surface area (Å²) < 4.78 is 5.92. The number of aliphatic hydroxyl groups is 1. The van der Waals surface area contributed by atoms with E-state index in [9.17, 15) is 9.90 Å². The summed E-state index contributed by atoms with van der Waals surface area (Å²) in [5.74, 6) is 0.412. The molecule has 0 fully saturated rings. The van der Waals surface area contributed by atoms with Crippen molar-refractivity contribution in [1.29, 1.82) is 0 Å². The van der Waals surface area contributed by atoms with Crippen molar-refractivity contribution in [3.63, 3.8) is 0 Å². The SMILES string of the molecule is CCCCCCOC1=C(C)[C@@H](C)[C@](O)(C(=O)C(C)(C)C)C(C)=C1. The summed E-state index contributed by atoms with van der Waals surface area (Å²) >= 11 is 0. The van der Waals surface area contributed by atoms with Crippen LogP contribution in [0.2, 0.25) is 0 Å². The van der Waals surface area contributed by atoms with Crippen molar-refractivity contribution in [2.24, 2.45) is 11.3 Å². The fourth-order valence-corrected chi connectivity index (χ4v) is 3.10. The molecule has 1 aliphatic rings. The highest BCUT2D eigenvalue weighted by Crippen LogP contribution is 2.42. The molecule has 1 N–H and O–H groups in total. The molecule has 0 aromatic carbocycles. The molecule has 0 spiro atoms. The standard InChI is InChI=1S/C20H34O3/c1-8-9-10-11-12-23-17-13-14(2)20(22,16(4)15(17)3)18(21)19(5,6)7/h13,16,22H,8-12H2,1-7H3/t16-,20+/m1/s1. The number of rotatable bonds is 7. The summed E-state index contributed by atoms with van der Waals surface area (Å²) in [5.41, 5.74) is -0.390. The predicted octanol–water partition coefficient (Wildman–Crippen LogP) is 4.80. The maximum atomic E-state index is 12.8. The van der Waals surface area contributed by atoms with Gasteiger partial charge in [0.15, 0.2) is 11.4 Å². The Kier molecular flexibility index (Phi) is 6.64. The molecule has 1 rings (SSSR count). The molecule has 0 radical (unpaired) electrons. The number of hydrogen-bond acceptors (Lipinski definition) is 3. The highest BCUT2D eigenvalue weighted by atomic mass is 16.5. The Morgan fingerprint density at radius 3 is 2.39 bits per heavy atom. The summed E-state index contributed by atoms with van der Waals surface area (Å²) in [5, 5.41) is 11.1.